The zero-order valence-electron chi connectivity index (χ0n) is 9.20. The van der Waals surface area contributed by atoms with Crippen LogP contribution in [0.2, 0.25) is 0 Å². The third-order valence-corrected chi connectivity index (χ3v) is 3.01. The first-order chi connectivity index (χ1) is 7.25. The number of aromatic amines is 1. The molecule has 0 saturated carbocycles. The van der Waals surface area contributed by atoms with Crippen molar-refractivity contribution in [1.29, 1.82) is 0 Å². The number of carbonyl (C=O) groups is 1. The van der Waals surface area contributed by atoms with Crippen molar-refractivity contribution in [2.45, 2.75) is 19.8 Å². The summed E-state index contributed by atoms with van der Waals surface area (Å²) in [5.41, 5.74) is 0.730. The van der Waals surface area contributed by atoms with Crippen molar-refractivity contribution in [2.75, 3.05) is 19.6 Å². The van der Waals surface area contributed by atoms with Crippen LogP contribution >= 0.6 is 0 Å². The summed E-state index contributed by atoms with van der Waals surface area (Å²) in [6.07, 6.45) is 4.32. The number of piperidine rings is 1. The maximum absolute atomic E-state index is 11.8. The summed E-state index contributed by atoms with van der Waals surface area (Å²) in [6.45, 7) is 4.94. The Bertz CT molecular complexity index is 318. The van der Waals surface area contributed by atoms with Gasteiger partial charge >= 0.3 is 0 Å². The maximum Gasteiger partial charge on any atom is 0.192 e. The van der Waals surface area contributed by atoms with Gasteiger partial charge in [0.25, 0.3) is 0 Å². The summed E-state index contributed by atoms with van der Waals surface area (Å²) in [5.74, 6) is 0.935. The molecule has 1 saturated heterocycles. The van der Waals surface area contributed by atoms with Gasteiger partial charge in [0.2, 0.25) is 0 Å². The van der Waals surface area contributed by atoms with Crippen LogP contribution in [0.3, 0.4) is 0 Å². The molecule has 1 unspecified atom stereocenters. The largest absolute Gasteiger partial charge is 0.359 e. The van der Waals surface area contributed by atoms with Crippen LogP contribution < -0.4 is 0 Å². The number of aromatic nitrogens is 1. The number of hydrogen-bond donors (Lipinski definition) is 1. The minimum Gasteiger partial charge on any atom is -0.359 e. The summed E-state index contributed by atoms with van der Waals surface area (Å²) < 4.78 is 0. The van der Waals surface area contributed by atoms with E-state index in [-0.39, 0.29) is 5.78 Å². The van der Waals surface area contributed by atoms with Gasteiger partial charge in [-0.1, -0.05) is 6.92 Å². The lowest BCUT2D eigenvalue weighted by atomic mass is 10.00. The van der Waals surface area contributed by atoms with E-state index in [9.17, 15) is 4.79 Å². The minimum atomic E-state index is 0.203. The van der Waals surface area contributed by atoms with Crippen molar-refractivity contribution in [1.82, 2.24) is 9.88 Å². The standard InChI is InChI=1S/C12H18N2O/c1-10-4-3-7-14(8-10)9-12(15)11-5-2-6-13-11/h2,5-6,10,13H,3-4,7-9H2,1H3. The Morgan fingerprint density at radius 3 is 3.20 bits per heavy atom. The van der Waals surface area contributed by atoms with E-state index in [1.165, 1.54) is 12.8 Å². The topological polar surface area (TPSA) is 36.1 Å². The number of rotatable bonds is 3. The quantitative estimate of drug-likeness (QED) is 0.767. The molecule has 0 bridgehead atoms. The fourth-order valence-corrected chi connectivity index (χ4v) is 2.22. The maximum atomic E-state index is 11.8. The molecule has 2 heterocycles. The van der Waals surface area contributed by atoms with Crippen molar-refractivity contribution >= 4 is 5.78 Å². The lowest BCUT2D eigenvalue weighted by molar-refractivity contribution is 0.0888. The fourth-order valence-electron chi connectivity index (χ4n) is 2.22. The monoisotopic (exact) mass is 206 g/mol. The minimum absolute atomic E-state index is 0.203. The van der Waals surface area contributed by atoms with Crippen LogP contribution in [-0.4, -0.2) is 35.3 Å². The van der Waals surface area contributed by atoms with Gasteiger partial charge in [0.1, 0.15) is 0 Å². The Morgan fingerprint density at radius 2 is 2.53 bits per heavy atom. The highest BCUT2D eigenvalue weighted by Crippen LogP contribution is 2.15. The zero-order valence-corrected chi connectivity index (χ0v) is 9.20. The molecule has 0 radical (unpaired) electrons. The lowest BCUT2D eigenvalue weighted by Crippen LogP contribution is -2.38. The molecular formula is C12H18N2O. The molecule has 3 nitrogen and oxygen atoms in total. The van der Waals surface area contributed by atoms with E-state index in [1.807, 2.05) is 12.1 Å². The Morgan fingerprint density at radius 1 is 1.67 bits per heavy atom. The van der Waals surface area contributed by atoms with Crippen LogP contribution in [0.5, 0.6) is 0 Å². The first-order valence-electron chi connectivity index (χ1n) is 5.64. The number of likely N-dealkylation sites (tertiary alicyclic amines) is 1. The summed E-state index contributed by atoms with van der Waals surface area (Å²) in [4.78, 5) is 17.0. The molecule has 15 heavy (non-hydrogen) atoms. The summed E-state index contributed by atoms with van der Waals surface area (Å²) in [6, 6.07) is 3.71. The number of ketones is 1. The van der Waals surface area contributed by atoms with E-state index in [4.69, 9.17) is 0 Å². The van der Waals surface area contributed by atoms with E-state index in [0.717, 1.165) is 24.7 Å². The van der Waals surface area contributed by atoms with Gasteiger partial charge in [-0.25, -0.2) is 0 Å². The molecule has 1 aliphatic rings. The molecule has 0 aromatic carbocycles. The van der Waals surface area contributed by atoms with Crippen LogP contribution in [0, 0.1) is 5.92 Å². The van der Waals surface area contributed by atoms with Gasteiger partial charge in [-0.2, -0.15) is 0 Å². The van der Waals surface area contributed by atoms with E-state index >= 15 is 0 Å². The average molecular weight is 206 g/mol. The van der Waals surface area contributed by atoms with E-state index in [1.54, 1.807) is 6.20 Å². The molecule has 0 spiro atoms. The number of Topliss-reactive ketones (excluding diaryl/α,β-unsaturated/α-hetero) is 1. The van der Waals surface area contributed by atoms with Gasteiger partial charge in [0.05, 0.1) is 12.2 Å². The van der Waals surface area contributed by atoms with E-state index < -0.39 is 0 Å². The molecule has 1 aromatic rings. The normalized spacial score (nSPS) is 22.9. The second kappa shape index (κ2) is 4.62. The van der Waals surface area contributed by atoms with Gasteiger partial charge in [0.15, 0.2) is 5.78 Å². The second-order valence-electron chi connectivity index (χ2n) is 4.49. The number of nitrogens with one attached hydrogen (secondary N) is 1. The number of carbonyl (C=O) groups excluding carboxylic acids is 1. The van der Waals surface area contributed by atoms with Crippen molar-refractivity contribution < 1.29 is 4.79 Å². The predicted molar refractivity (Wildman–Crippen MR) is 60.0 cm³/mol. The van der Waals surface area contributed by atoms with Gasteiger partial charge in [-0.3, -0.25) is 9.69 Å². The first-order valence-corrected chi connectivity index (χ1v) is 5.64. The van der Waals surface area contributed by atoms with Crippen LogP contribution in [0.4, 0.5) is 0 Å². The highest BCUT2D eigenvalue weighted by atomic mass is 16.1. The Kier molecular flexibility index (Phi) is 3.21. The number of H-pyrrole nitrogens is 1. The molecular weight excluding hydrogens is 188 g/mol. The van der Waals surface area contributed by atoms with Gasteiger partial charge < -0.3 is 4.98 Å². The zero-order chi connectivity index (χ0) is 10.7. The molecule has 0 aliphatic carbocycles. The number of nitrogens with zero attached hydrogens (tertiary/aromatic N) is 1. The van der Waals surface area contributed by atoms with Gasteiger partial charge in [-0.15, -0.1) is 0 Å². The molecule has 3 heteroatoms. The van der Waals surface area contributed by atoms with Gasteiger partial charge in [-0.05, 0) is 37.4 Å². The first kappa shape index (κ1) is 10.4. The Balaban J connectivity index is 1.89. The molecule has 1 fully saturated rings. The highest BCUT2D eigenvalue weighted by Gasteiger charge is 2.19. The Hall–Kier alpha value is -1.09. The van der Waals surface area contributed by atoms with Crippen LogP contribution in [0.15, 0.2) is 18.3 Å². The average Bonchev–Trinajstić information content (AvgIpc) is 2.70. The van der Waals surface area contributed by atoms with Crippen LogP contribution in [-0.2, 0) is 0 Å². The van der Waals surface area contributed by atoms with Crippen LogP contribution in [0.1, 0.15) is 30.3 Å². The van der Waals surface area contributed by atoms with Gasteiger partial charge in [0, 0.05) is 12.7 Å². The molecule has 1 aromatic heterocycles. The van der Waals surface area contributed by atoms with Crippen molar-refractivity contribution in [3.05, 3.63) is 24.0 Å². The third-order valence-electron chi connectivity index (χ3n) is 3.01. The smallest absolute Gasteiger partial charge is 0.192 e. The molecule has 1 N–H and O–H groups in total. The van der Waals surface area contributed by atoms with Crippen molar-refractivity contribution in [2.24, 2.45) is 5.92 Å². The lowest BCUT2D eigenvalue weighted by Gasteiger charge is -2.29. The highest BCUT2D eigenvalue weighted by molar-refractivity contribution is 5.95. The molecule has 0 amide bonds. The SMILES string of the molecule is CC1CCCN(CC(=O)c2ccc[nH]2)C1. The summed E-state index contributed by atoms with van der Waals surface area (Å²) >= 11 is 0. The second-order valence-corrected chi connectivity index (χ2v) is 4.49. The fraction of sp³-hybridized carbons (Fsp3) is 0.583. The number of hydrogen-bond acceptors (Lipinski definition) is 2. The third kappa shape index (κ3) is 2.69. The molecule has 1 aliphatic heterocycles. The molecule has 1 atom stereocenters. The van der Waals surface area contributed by atoms with Crippen molar-refractivity contribution in [3.63, 3.8) is 0 Å². The summed E-state index contributed by atoms with van der Waals surface area (Å²) in [5, 5.41) is 0. The predicted octanol–water partition coefficient (Wildman–Crippen LogP) is 1.93. The van der Waals surface area contributed by atoms with E-state index in [0.29, 0.717) is 6.54 Å². The Labute approximate surface area is 90.5 Å². The molecule has 82 valence electrons. The van der Waals surface area contributed by atoms with E-state index in [2.05, 4.69) is 16.8 Å². The van der Waals surface area contributed by atoms with Crippen LogP contribution in [0.25, 0.3) is 0 Å². The summed E-state index contributed by atoms with van der Waals surface area (Å²) in [7, 11) is 0. The van der Waals surface area contributed by atoms with Crippen molar-refractivity contribution in [3.8, 4) is 0 Å². The molecule has 2 rings (SSSR count).